The first-order valence-electron chi connectivity index (χ1n) is 59.2. The molecule has 24 rings (SSSR count). The summed E-state index contributed by atoms with van der Waals surface area (Å²) in [5.74, 6) is 13.1. The molecular weight excluding hydrogens is 1720 g/mol. The lowest BCUT2D eigenvalue weighted by Crippen LogP contribution is -2.65. The molecule has 14 unspecified atom stereocenters. The zero-order valence-corrected chi connectivity index (χ0v) is 92.7. The maximum Gasteiger partial charge on any atom is 0.333 e. The van der Waals surface area contributed by atoms with Gasteiger partial charge in [-0.25, -0.2) is 28.8 Å². The lowest BCUT2D eigenvalue weighted by Gasteiger charge is -2.66. The molecule has 0 aromatic heterocycles. The van der Waals surface area contributed by atoms with Crippen molar-refractivity contribution in [2.45, 2.75) is 525 Å². The van der Waals surface area contributed by atoms with Crippen LogP contribution in [0, 0.1) is 163 Å². The highest BCUT2D eigenvalue weighted by atomic mass is 16.6. The molecule has 0 aromatic carbocycles. The number of rotatable bonds is 42. The summed E-state index contributed by atoms with van der Waals surface area (Å²) in [6, 6.07) is 0. The number of carbonyl (C=O) groups excluding carboxylic acids is 6. The Kier molecular flexibility index (Phi) is 36.8. The van der Waals surface area contributed by atoms with Crippen molar-refractivity contribution in [1.29, 1.82) is 0 Å². The predicted molar refractivity (Wildman–Crippen MR) is 569 cm³/mol. The molecule has 12 heteroatoms. The third-order valence-corrected chi connectivity index (χ3v) is 42.7. The number of hydrogen-bond donors (Lipinski definition) is 0. The van der Waals surface area contributed by atoms with Gasteiger partial charge in [-0.3, -0.25) is 0 Å². The fourth-order valence-electron chi connectivity index (χ4n) is 39.2. The Bertz CT molecular complexity index is 4100. The number of carbonyl (C=O) groups is 6. The highest BCUT2D eigenvalue weighted by Crippen LogP contribution is 2.74. The molecular formula is C127H206O12. The van der Waals surface area contributed by atoms with Crippen molar-refractivity contribution in [1.82, 2.24) is 0 Å². The average molecular weight is 1930 g/mol. The van der Waals surface area contributed by atoms with Crippen LogP contribution < -0.4 is 0 Å². The zero-order chi connectivity index (χ0) is 101. The molecule has 24 aliphatic carbocycles. The monoisotopic (exact) mass is 1920 g/mol. The number of unbranched alkanes of at least 4 members (excludes halogenated alkanes) is 10. The molecule has 0 aliphatic heterocycles. The fourth-order valence-corrected chi connectivity index (χ4v) is 39.2. The Morgan fingerprint density at radius 1 is 0.259 bits per heavy atom. The van der Waals surface area contributed by atoms with E-state index in [-0.39, 0.29) is 69.4 Å². The van der Waals surface area contributed by atoms with Gasteiger partial charge in [-0.15, -0.1) is 0 Å². The summed E-state index contributed by atoms with van der Waals surface area (Å²) in [5, 5.41) is 0. The van der Waals surface area contributed by atoms with Crippen LogP contribution in [0.5, 0.6) is 0 Å². The highest BCUT2D eigenvalue weighted by molar-refractivity contribution is 5.88. The normalized spacial score (nSPS) is 41.4. The van der Waals surface area contributed by atoms with E-state index in [2.05, 4.69) is 150 Å². The third kappa shape index (κ3) is 23.4. The van der Waals surface area contributed by atoms with Gasteiger partial charge in [-0.05, 0) is 393 Å². The van der Waals surface area contributed by atoms with Crippen LogP contribution in [0.2, 0.25) is 0 Å². The van der Waals surface area contributed by atoms with Gasteiger partial charge in [-0.2, -0.15) is 0 Å². The molecule has 786 valence electrons. The predicted octanol–water partition coefficient (Wildman–Crippen LogP) is 33.8. The van der Waals surface area contributed by atoms with E-state index in [0.717, 1.165) is 48.3 Å². The Morgan fingerprint density at radius 3 is 0.719 bits per heavy atom. The minimum absolute atomic E-state index is 0.148. The lowest BCUT2D eigenvalue weighted by atomic mass is 9.42. The van der Waals surface area contributed by atoms with Crippen molar-refractivity contribution in [3.63, 3.8) is 0 Å². The Balaban J connectivity index is 0.000000141. The van der Waals surface area contributed by atoms with E-state index in [1.165, 1.54) is 365 Å². The average Bonchev–Trinajstić information content (AvgIpc) is 0.723. The molecule has 14 atom stereocenters. The summed E-state index contributed by atoms with van der Waals surface area (Å²) in [7, 11) is 0. The van der Waals surface area contributed by atoms with Crippen molar-refractivity contribution in [2.75, 3.05) is 0 Å². The van der Waals surface area contributed by atoms with Crippen LogP contribution in [0.4, 0.5) is 0 Å². The van der Waals surface area contributed by atoms with Crippen molar-refractivity contribution in [3.05, 3.63) is 74.4 Å². The Morgan fingerprint density at radius 2 is 0.468 bits per heavy atom. The molecule has 0 N–H and O–H groups in total. The second kappa shape index (κ2) is 45.9. The first-order chi connectivity index (χ1) is 65.9. The van der Waals surface area contributed by atoms with Crippen molar-refractivity contribution >= 4 is 35.8 Å². The van der Waals surface area contributed by atoms with Crippen LogP contribution in [0.15, 0.2) is 74.4 Å². The van der Waals surface area contributed by atoms with Gasteiger partial charge < -0.3 is 28.4 Å². The lowest BCUT2D eigenvalue weighted by molar-refractivity contribution is -0.241. The minimum Gasteiger partial charge on any atom is -0.455 e. The van der Waals surface area contributed by atoms with E-state index in [1.807, 2.05) is 0 Å². The summed E-state index contributed by atoms with van der Waals surface area (Å²) in [6.45, 7) is 65.4. The molecule has 24 saturated carbocycles. The van der Waals surface area contributed by atoms with Crippen LogP contribution in [0.3, 0.4) is 0 Å². The maximum absolute atomic E-state index is 12.6. The number of ether oxygens (including phenoxy) is 6. The molecule has 139 heavy (non-hydrogen) atoms. The Labute approximate surface area is 849 Å². The standard InChI is InChI=1S/2C22H36O2.3C21H34O2.C20H32O2/c1-6-8-17(9-7-2)22(24-20(23)15(3)4)18-10-16-11-19(22)14-21(5,12-16)13-18;1-5-6-7-8-9-10-22(24-20(23)16(2)3)18-11-17-12-19(22)15-21(4,13-17)14-18;1-6-7-8-15(4)21(23-19(22)14(2)3)17-9-16-10-18(21)13-20(5,11-16)12-17;1-5-8-16(9-6-2)21(23-19(22)7-3)17-10-15-11-18(21)14-20(4,12-15)13-17;1-4-6-7-8-9-10-21(23-19(22)5-2)17-11-16-12-18(21)15-20(3,13-16)14-17;1-5-7-8-14(3)20(22-18(21)6-2)16-9-15-10-17(20)13-19(4,11-15)12-16/h16-19H,3,6-14H2,1-2,4-5H3;17-19H,2,5-15H2,1,3-4H3;15-18H,2,6-13H2,1,3-5H3;7,15-18H,3,5-6,8-14H2,1-2,4H3;5,16-18H,2,4,6-15H2,1,3H3;6,14-17H,2,5,7-13H2,1,3-4H3. The Hall–Kier alpha value is -4.74. The second-order valence-electron chi connectivity index (χ2n) is 54.6. The van der Waals surface area contributed by atoms with E-state index in [0.29, 0.717) is 144 Å². The molecule has 0 aromatic rings. The first kappa shape index (κ1) is 111. The van der Waals surface area contributed by atoms with Gasteiger partial charge in [0.1, 0.15) is 33.6 Å². The van der Waals surface area contributed by atoms with E-state index < -0.39 is 0 Å². The van der Waals surface area contributed by atoms with E-state index in [4.69, 9.17) is 28.4 Å². The molecule has 0 heterocycles. The maximum atomic E-state index is 12.6. The topological polar surface area (TPSA) is 158 Å². The van der Waals surface area contributed by atoms with Crippen molar-refractivity contribution in [3.8, 4) is 0 Å². The summed E-state index contributed by atoms with van der Waals surface area (Å²) >= 11 is 0. The zero-order valence-electron chi connectivity index (χ0n) is 92.7. The van der Waals surface area contributed by atoms with E-state index >= 15 is 0 Å². The third-order valence-electron chi connectivity index (χ3n) is 42.7. The van der Waals surface area contributed by atoms with Crippen molar-refractivity contribution in [2.24, 2.45) is 163 Å². The molecule has 0 saturated heterocycles. The molecule has 0 spiro atoms. The van der Waals surface area contributed by atoms with Gasteiger partial charge in [0.05, 0.1) is 0 Å². The van der Waals surface area contributed by atoms with E-state index in [1.54, 1.807) is 20.8 Å². The molecule has 24 aliphatic rings. The molecule has 24 bridgehead atoms. The van der Waals surface area contributed by atoms with Gasteiger partial charge in [0.2, 0.25) is 0 Å². The first-order valence-corrected chi connectivity index (χ1v) is 59.2. The summed E-state index contributed by atoms with van der Waals surface area (Å²) in [5.41, 5.74) is 3.50. The summed E-state index contributed by atoms with van der Waals surface area (Å²) in [6.07, 6.45) is 74.6. The fraction of sp³-hybridized carbons (Fsp3) is 0.858. The molecule has 12 nitrogen and oxygen atoms in total. The van der Waals surface area contributed by atoms with Crippen LogP contribution >= 0.6 is 0 Å². The van der Waals surface area contributed by atoms with Gasteiger partial charge in [0.15, 0.2) is 0 Å². The minimum atomic E-state index is -0.221. The largest absolute Gasteiger partial charge is 0.455 e. The van der Waals surface area contributed by atoms with Crippen LogP contribution in [0.1, 0.15) is 491 Å². The van der Waals surface area contributed by atoms with Crippen LogP contribution in [0.25, 0.3) is 0 Å². The number of hydrogen-bond acceptors (Lipinski definition) is 12. The quantitative estimate of drug-likeness (QED) is 0.0247. The van der Waals surface area contributed by atoms with Crippen LogP contribution in [-0.2, 0) is 57.2 Å². The van der Waals surface area contributed by atoms with Gasteiger partial charge in [0, 0.05) is 82.3 Å². The summed E-state index contributed by atoms with van der Waals surface area (Å²) < 4.78 is 37.8. The molecule has 0 amide bonds. The van der Waals surface area contributed by atoms with E-state index in [9.17, 15) is 28.8 Å². The smallest absolute Gasteiger partial charge is 0.333 e. The number of esters is 6. The molecule has 24 fully saturated rings. The van der Waals surface area contributed by atoms with Crippen LogP contribution in [-0.4, -0.2) is 69.4 Å². The highest BCUT2D eigenvalue weighted by Gasteiger charge is 2.71. The van der Waals surface area contributed by atoms with Gasteiger partial charge in [0.25, 0.3) is 0 Å². The van der Waals surface area contributed by atoms with Gasteiger partial charge >= 0.3 is 35.8 Å². The van der Waals surface area contributed by atoms with Crippen molar-refractivity contribution < 1.29 is 57.2 Å². The summed E-state index contributed by atoms with van der Waals surface area (Å²) in [4.78, 5) is 74.0. The SMILES string of the molecule is C=C(C)C(=O)OC1(C(C)CCCC)C2CC3CC1CC(C)(C3)C2.C=C(C)C(=O)OC1(C(CCC)CCC)C2CC3CC1CC(C)(C3)C2.C=C(C)C(=O)OC1(CCCCCCC)C2CC3CC1CC(C)(C3)C2.C=CC(=O)OC1(C(C)CCCC)C2CC3CC1CC(C)(C3)C2.C=CC(=O)OC1(C(CCC)CCC)C2CC3CC1CC(C)(C3)C2.C=CC(=O)OC1(CCCCCCC)C2CC3CC1CC(C)(C3)C2. The second-order valence-corrected chi connectivity index (χ2v) is 54.6. The molecule has 0 radical (unpaired) electrons. The van der Waals surface area contributed by atoms with Gasteiger partial charge in [-0.1, -0.05) is 253 Å².